The molecule has 1 aliphatic rings. The largest absolute Gasteiger partial charge is 0.368 e. The van der Waals surface area contributed by atoms with E-state index in [2.05, 4.69) is 10.9 Å². The zero-order valence-corrected chi connectivity index (χ0v) is 14.4. The van der Waals surface area contributed by atoms with E-state index in [9.17, 15) is 18.0 Å². The van der Waals surface area contributed by atoms with Crippen LogP contribution in [0.4, 0.5) is 0 Å². The average molecular weight is 355 g/mol. The van der Waals surface area contributed by atoms with Gasteiger partial charge in [-0.25, -0.2) is 8.42 Å². The first-order valence-electron chi connectivity index (χ1n) is 7.54. The number of nitrogens with one attached hydrogen (secondary N) is 2. The van der Waals surface area contributed by atoms with Gasteiger partial charge in [0.25, 0.3) is 11.8 Å². The van der Waals surface area contributed by atoms with E-state index in [0.29, 0.717) is 13.0 Å². The molecule has 1 saturated heterocycles. The Morgan fingerprint density at radius 3 is 2.50 bits per heavy atom. The molecule has 0 bridgehead atoms. The number of carbonyl (C=O) groups excluding carboxylic acids is 2. The number of nitrogens with zero attached hydrogens (tertiary/aromatic N) is 1. The average Bonchev–Trinajstić information content (AvgIpc) is 3.07. The summed E-state index contributed by atoms with van der Waals surface area (Å²) in [5.41, 5.74) is 5.38. The third-order valence-corrected chi connectivity index (χ3v) is 5.46. The van der Waals surface area contributed by atoms with Crippen molar-refractivity contribution in [1.82, 2.24) is 15.2 Å². The number of sulfonamides is 1. The summed E-state index contributed by atoms with van der Waals surface area (Å²) in [5.74, 6) is -1.08. The fourth-order valence-electron chi connectivity index (χ4n) is 2.21. The van der Waals surface area contributed by atoms with Gasteiger partial charge in [-0.05, 0) is 31.9 Å². The minimum Gasteiger partial charge on any atom is -0.368 e. The predicted molar refractivity (Wildman–Crippen MR) is 86.3 cm³/mol. The summed E-state index contributed by atoms with van der Waals surface area (Å²) in [4.78, 5) is 23.6. The van der Waals surface area contributed by atoms with Gasteiger partial charge in [0.1, 0.15) is 6.10 Å². The number of ether oxygens (including phenoxy) is 1. The highest BCUT2D eigenvalue weighted by Gasteiger charge is 2.25. The lowest BCUT2D eigenvalue weighted by Gasteiger charge is -2.17. The molecule has 0 spiro atoms. The van der Waals surface area contributed by atoms with Crippen LogP contribution in [0, 0.1) is 6.92 Å². The van der Waals surface area contributed by atoms with E-state index in [1.807, 2.05) is 6.92 Å². The Morgan fingerprint density at radius 2 is 1.92 bits per heavy atom. The number of benzene rings is 1. The minimum absolute atomic E-state index is 0.104. The molecule has 1 aromatic carbocycles. The van der Waals surface area contributed by atoms with Gasteiger partial charge < -0.3 is 4.74 Å². The second-order valence-corrected chi connectivity index (χ2v) is 7.66. The summed E-state index contributed by atoms with van der Waals surface area (Å²) in [6.45, 7) is 1.95. The Morgan fingerprint density at radius 1 is 1.25 bits per heavy atom. The van der Waals surface area contributed by atoms with Crippen molar-refractivity contribution in [1.29, 1.82) is 0 Å². The van der Waals surface area contributed by atoms with E-state index in [1.165, 1.54) is 19.2 Å². The fourth-order valence-corrected chi connectivity index (χ4v) is 3.34. The molecule has 0 radical (unpaired) electrons. The van der Waals surface area contributed by atoms with Crippen LogP contribution in [0.25, 0.3) is 0 Å². The third kappa shape index (κ3) is 4.53. The van der Waals surface area contributed by atoms with E-state index in [4.69, 9.17) is 4.74 Å². The number of rotatable bonds is 5. The van der Waals surface area contributed by atoms with Crippen molar-refractivity contribution >= 4 is 21.8 Å². The van der Waals surface area contributed by atoms with Gasteiger partial charge in [0, 0.05) is 13.7 Å². The van der Waals surface area contributed by atoms with Crippen molar-refractivity contribution in [3.63, 3.8) is 0 Å². The molecule has 1 aliphatic heterocycles. The summed E-state index contributed by atoms with van der Waals surface area (Å²) < 4.78 is 30.8. The monoisotopic (exact) mass is 355 g/mol. The topological polar surface area (TPSA) is 105 Å². The van der Waals surface area contributed by atoms with Gasteiger partial charge >= 0.3 is 0 Å². The zero-order valence-electron chi connectivity index (χ0n) is 13.6. The van der Waals surface area contributed by atoms with Gasteiger partial charge in [0.05, 0.1) is 11.4 Å². The Balaban J connectivity index is 1.88. The molecular formula is C15H21N3O5S. The number of hydrogen-bond donors (Lipinski definition) is 2. The van der Waals surface area contributed by atoms with Crippen LogP contribution in [0.5, 0.6) is 0 Å². The van der Waals surface area contributed by atoms with E-state index < -0.39 is 34.5 Å². The molecule has 0 aliphatic carbocycles. The molecule has 2 N–H and O–H groups in total. The van der Waals surface area contributed by atoms with Crippen LogP contribution in [0.2, 0.25) is 0 Å². The lowest BCUT2D eigenvalue weighted by atomic mass is 10.2. The Kier molecular flexibility index (Phi) is 5.92. The Labute approximate surface area is 141 Å². The minimum atomic E-state index is -3.77. The van der Waals surface area contributed by atoms with E-state index in [-0.39, 0.29) is 4.90 Å². The molecule has 0 aromatic heterocycles. The highest BCUT2D eigenvalue weighted by molar-refractivity contribution is 7.89. The van der Waals surface area contributed by atoms with Crippen molar-refractivity contribution in [2.45, 2.75) is 30.8 Å². The lowest BCUT2D eigenvalue weighted by Crippen LogP contribution is -2.49. The van der Waals surface area contributed by atoms with Crippen LogP contribution in [0.3, 0.4) is 0 Å². The van der Waals surface area contributed by atoms with Crippen molar-refractivity contribution in [3.05, 3.63) is 29.8 Å². The number of aryl methyl sites for hydroxylation is 1. The van der Waals surface area contributed by atoms with E-state index in [0.717, 1.165) is 16.3 Å². The van der Waals surface area contributed by atoms with Crippen LogP contribution >= 0.6 is 0 Å². The van der Waals surface area contributed by atoms with Gasteiger partial charge in [-0.15, -0.1) is 0 Å². The maximum atomic E-state index is 12.4. The smallest absolute Gasteiger partial charge is 0.267 e. The highest BCUT2D eigenvalue weighted by Crippen LogP contribution is 2.14. The number of amides is 2. The van der Waals surface area contributed by atoms with Crippen molar-refractivity contribution in [2.24, 2.45) is 0 Å². The van der Waals surface area contributed by atoms with Gasteiger partial charge in [-0.2, -0.15) is 4.31 Å². The SMILES string of the molecule is Cc1ccc(S(=O)(=O)N(C)CC(=O)NNC(=O)C2CCCO2)cc1. The summed E-state index contributed by atoms with van der Waals surface area (Å²) in [6, 6.07) is 6.34. The van der Waals surface area contributed by atoms with Crippen molar-refractivity contribution < 1.29 is 22.7 Å². The van der Waals surface area contributed by atoms with Gasteiger partial charge in [-0.3, -0.25) is 20.4 Å². The zero-order chi connectivity index (χ0) is 17.7. The normalized spacial score (nSPS) is 17.7. The summed E-state index contributed by atoms with van der Waals surface area (Å²) >= 11 is 0. The molecule has 2 amide bonds. The first-order valence-corrected chi connectivity index (χ1v) is 8.98. The molecule has 1 fully saturated rings. The number of likely N-dealkylation sites (N-methyl/N-ethyl adjacent to an activating group) is 1. The maximum absolute atomic E-state index is 12.4. The second-order valence-electron chi connectivity index (χ2n) is 5.61. The van der Waals surface area contributed by atoms with Crippen LogP contribution in [-0.4, -0.2) is 50.8 Å². The molecule has 0 saturated carbocycles. The quantitative estimate of drug-likeness (QED) is 0.720. The molecular weight excluding hydrogens is 334 g/mol. The molecule has 1 aromatic rings. The molecule has 132 valence electrons. The summed E-state index contributed by atoms with van der Waals surface area (Å²) in [6.07, 6.45) is 0.826. The van der Waals surface area contributed by atoms with Crippen molar-refractivity contribution in [2.75, 3.05) is 20.2 Å². The van der Waals surface area contributed by atoms with Gasteiger partial charge in [0.2, 0.25) is 10.0 Å². The first kappa shape index (κ1) is 18.4. The molecule has 1 unspecified atom stereocenters. The molecule has 1 atom stereocenters. The fraction of sp³-hybridized carbons (Fsp3) is 0.467. The molecule has 1 heterocycles. The third-order valence-electron chi connectivity index (χ3n) is 3.64. The number of hydrazine groups is 1. The Hall–Kier alpha value is -1.97. The predicted octanol–water partition coefficient (Wildman–Crippen LogP) is -0.0581. The lowest BCUT2D eigenvalue weighted by molar-refractivity contribution is -0.134. The van der Waals surface area contributed by atoms with Gasteiger partial charge in [-0.1, -0.05) is 17.7 Å². The molecule has 2 rings (SSSR count). The molecule has 8 nitrogen and oxygen atoms in total. The van der Waals surface area contributed by atoms with Crippen LogP contribution < -0.4 is 10.9 Å². The second kappa shape index (κ2) is 7.73. The van der Waals surface area contributed by atoms with Crippen LogP contribution in [-0.2, 0) is 24.3 Å². The first-order chi connectivity index (χ1) is 11.3. The van der Waals surface area contributed by atoms with Crippen LogP contribution in [0.15, 0.2) is 29.2 Å². The molecule has 9 heteroatoms. The summed E-state index contributed by atoms with van der Waals surface area (Å²) in [5, 5.41) is 0. The summed E-state index contributed by atoms with van der Waals surface area (Å²) in [7, 11) is -2.47. The van der Waals surface area contributed by atoms with Crippen LogP contribution in [0.1, 0.15) is 18.4 Å². The standard InChI is InChI=1S/C15H21N3O5S/c1-11-5-7-12(8-6-11)24(21,22)18(2)10-14(19)16-17-15(20)13-4-3-9-23-13/h5-8,13H,3-4,9-10H2,1-2H3,(H,16,19)(H,17,20). The van der Waals surface area contributed by atoms with E-state index in [1.54, 1.807) is 12.1 Å². The van der Waals surface area contributed by atoms with Gasteiger partial charge in [0.15, 0.2) is 0 Å². The highest BCUT2D eigenvalue weighted by atomic mass is 32.2. The number of hydrogen-bond acceptors (Lipinski definition) is 5. The Bertz CT molecular complexity index is 696. The number of carbonyl (C=O) groups is 2. The van der Waals surface area contributed by atoms with Crippen molar-refractivity contribution in [3.8, 4) is 0 Å². The van der Waals surface area contributed by atoms with E-state index >= 15 is 0 Å². The molecule has 24 heavy (non-hydrogen) atoms. The maximum Gasteiger partial charge on any atom is 0.267 e.